The molecule has 12 heteroatoms. The summed E-state index contributed by atoms with van der Waals surface area (Å²) in [6.07, 6.45) is -0.692. The van der Waals surface area contributed by atoms with Gasteiger partial charge in [0.25, 0.3) is 5.69 Å². The van der Waals surface area contributed by atoms with Crippen molar-refractivity contribution in [2.24, 2.45) is 0 Å². The van der Waals surface area contributed by atoms with Gasteiger partial charge < -0.3 is 10.1 Å². The van der Waals surface area contributed by atoms with Crippen LogP contribution in [0.4, 0.5) is 21.4 Å². The molecule has 0 saturated carbocycles. The summed E-state index contributed by atoms with van der Waals surface area (Å²) >= 11 is 1.16. The Balaban J connectivity index is 1.64. The van der Waals surface area contributed by atoms with Gasteiger partial charge >= 0.3 is 6.09 Å². The van der Waals surface area contributed by atoms with Gasteiger partial charge in [-0.3, -0.25) is 25.3 Å². The predicted octanol–water partition coefficient (Wildman–Crippen LogP) is 3.46. The van der Waals surface area contributed by atoms with Crippen molar-refractivity contribution in [3.05, 3.63) is 39.4 Å². The Kier molecular flexibility index (Phi) is 5.46. The van der Waals surface area contributed by atoms with Crippen molar-refractivity contribution in [2.75, 3.05) is 10.6 Å². The van der Waals surface area contributed by atoms with Crippen molar-refractivity contribution < 1.29 is 19.2 Å². The second kappa shape index (κ2) is 7.83. The quantitative estimate of drug-likeness (QED) is 0.424. The first-order chi connectivity index (χ1) is 13.6. The van der Waals surface area contributed by atoms with Gasteiger partial charge in [-0.25, -0.2) is 9.78 Å². The summed E-state index contributed by atoms with van der Waals surface area (Å²) in [7, 11) is 0. The summed E-state index contributed by atoms with van der Waals surface area (Å²) in [5.41, 5.74) is 0.269. The van der Waals surface area contributed by atoms with Crippen LogP contribution in [0.15, 0.2) is 23.6 Å². The van der Waals surface area contributed by atoms with E-state index in [0.717, 1.165) is 11.3 Å². The molecule has 2 amide bonds. The van der Waals surface area contributed by atoms with Crippen LogP contribution in [-0.4, -0.2) is 37.7 Å². The maximum atomic E-state index is 12.3. The number of non-ortho nitro benzene ring substituents is 1. The Labute approximate surface area is 168 Å². The number of aromatic amines is 1. The predicted molar refractivity (Wildman–Crippen MR) is 107 cm³/mol. The van der Waals surface area contributed by atoms with Gasteiger partial charge in [-0.1, -0.05) is 0 Å². The average molecular weight is 418 g/mol. The standard InChI is InChI=1S/C17H18N6O5S/c1-17(2,3)28-16(25)20-15-18-9(8-29-15)6-13(24)19-14-11-7-10(23(26)27)4-5-12(11)21-22-14/h4-5,7-8H,6H2,1-3H3,(H,18,20,25)(H2,19,21,22,24). The molecule has 0 unspecified atom stereocenters. The molecule has 2 aromatic heterocycles. The number of nitrogens with one attached hydrogen (secondary N) is 3. The number of carbonyl (C=O) groups is 2. The molecule has 0 aliphatic heterocycles. The van der Waals surface area contributed by atoms with Crippen molar-refractivity contribution in [1.82, 2.24) is 15.2 Å². The number of thiazole rings is 1. The summed E-state index contributed by atoms with van der Waals surface area (Å²) < 4.78 is 5.15. The van der Waals surface area contributed by atoms with Crippen LogP contribution in [-0.2, 0) is 16.0 Å². The number of hydrogen-bond donors (Lipinski definition) is 3. The molecule has 0 bridgehead atoms. The van der Waals surface area contributed by atoms with Gasteiger partial charge in [-0.2, -0.15) is 5.10 Å². The first kappa shape index (κ1) is 20.2. The third-order valence-electron chi connectivity index (χ3n) is 3.52. The van der Waals surface area contributed by atoms with E-state index < -0.39 is 22.5 Å². The summed E-state index contributed by atoms with van der Waals surface area (Å²) in [6, 6.07) is 4.20. The maximum absolute atomic E-state index is 12.3. The molecule has 0 spiro atoms. The number of H-pyrrole nitrogens is 1. The molecule has 3 aromatic rings. The minimum atomic E-state index is -0.633. The van der Waals surface area contributed by atoms with Crippen molar-refractivity contribution in [2.45, 2.75) is 32.8 Å². The fourth-order valence-corrected chi connectivity index (χ4v) is 3.08. The van der Waals surface area contributed by atoms with E-state index in [2.05, 4.69) is 25.8 Å². The lowest BCUT2D eigenvalue weighted by molar-refractivity contribution is -0.384. The summed E-state index contributed by atoms with van der Waals surface area (Å²) in [5.74, 6) is -0.213. The largest absolute Gasteiger partial charge is 0.444 e. The zero-order valence-corrected chi connectivity index (χ0v) is 16.6. The Bertz CT molecular complexity index is 1080. The van der Waals surface area contributed by atoms with Gasteiger partial charge in [-0.15, -0.1) is 11.3 Å². The van der Waals surface area contributed by atoms with Gasteiger partial charge in [0.2, 0.25) is 5.91 Å². The second-order valence-electron chi connectivity index (χ2n) is 7.06. The van der Waals surface area contributed by atoms with E-state index in [1.165, 1.54) is 18.2 Å². The smallest absolute Gasteiger partial charge is 0.413 e. The molecule has 3 rings (SSSR count). The maximum Gasteiger partial charge on any atom is 0.413 e. The van der Waals surface area contributed by atoms with Gasteiger partial charge in [0.1, 0.15) is 5.60 Å². The molecule has 0 fully saturated rings. The van der Waals surface area contributed by atoms with Crippen LogP contribution in [0.1, 0.15) is 26.5 Å². The van der Waals surface area contributed by atoms with Crippen LogP contribution in [0.3, 0.4) is 0 Å². The normalized spacial score (nSPS) is 11.3. The van der Waals surface area contributed by atoms with Crippen molar-refractivity contribution in [3.8, 4) is 0 Å². The van der Waals surface area contributed by atoms with E-state index in [-0.39, 0.29) is 17.9 Å². The lowest BCUT2D eigenvalue weighted by atomic mass is 10.2. The molecule has 152 valence electrons. The number of fused-ring (bicyclic) bond motifs is 1. The lowest BCUT2D eigenvalue weighted by Crippen LogP contribution is -2.27. The van der Waals surface area contributed by atoms with Gasteiger partial charge in [0.05, 0.1) is 27.9 Å². The number of benzene rings is 1. The average Bonchev–Trinajstić information content (AvgIpc) is 3.19. The summed E-state index contributed by atoms with van der Waals surface area (Å²) in [4.78, 5) is 38.7. The zero-order chi connectivity index (χ0) is 21.2. The van der Waals surface area contributed by atoms with Crippen LogP contribution in [0.5, 0.6) is 0 Å². The van der Waals surface area contributed by atoms with Gasteiger partial charge in [-0.05, 0) is 26.8 Å². The topological polar surface area (TPSA) is 152 Å². The van der Waals surface area contributed by atoms with E-state index in [9.17, 15) is 19.7 Å². The third kappa shape index (κ3) is 5.25. The van der Waals surface area contributed by atoms with Crippen molar-refractivity contribution >= 4 is 50.9 Å². The molecule has 0 saturated heterocycles. The molecule has 3 N–H and O–H groups in total. The molecule has 2 heterocycles. The molecular formula is C17H18N6O5S. The second-order valence-corrected chi connectivity index (χ2v) is 7.91. The summed E-state index contributed by atoms with van der Waals surface area (Å²) in [6.45, 7) is 5.24. The van der Waals surface area contributed by atoms with E-state index >= 15 is 0 Å². The number of rotatable bonds is 5. The lowest BCUT2D eigenvalue weighted by Gasteiger charge is -2.18. The highest BCUT2D eigenvalue weighted by Crippen LogP contribution is 2.25. The number of aromatic nitrogens is 3. The Morgan fingerprint density at radius 3 is 2.76 bits per heavy atom. The number of ether oxygens (including phenoxy) is 1. The van der Waals surface area contributed by atoms with Gasteiger partial charge in [0.15, 0.2) is 10.9 Å². The minimum absolute atomic E-state index is 0.0597. The van der Waals surface area contributed by atoms with Crippen LogP contribution < -0.4 is 10.6 Å². The minimum Gasteiger partial charge on any atom is -0.444 e. The van der Waals surface area contributed by atoms with E-state index in [1.54, 1.807) is 26.2 Å². The Morgan fingerprint density at radius 2 is 2.07 bits per heavy atom. The zero-order valence-electron chi connectivity index (χ0n) is 15.8. The molecule has 0 radical (unpaired) electrons. The molecule has 11 nitrogen and oxygen atoms in total. The van der Waals surface area contributed by atoms with Crippen LogP contribution in [0, 0.1) is 10.1 Å². The summed E-state index contributed by atoms with van der Waals surface area (Å²) in [5, 5.41) is 25.1. The number of nitro groups is 1. The van der Waals surface area contributed by atoms with E-state index in [1.807, 2.05) is 0 Å². The fourth-order valence-electron chi connectivity index (χ4n) is 2.39. The SMILES string of the molecule is CC(C)(C)OC(=O)Nc1nc(CC(=O)Nc2n[nH]c3ccc([N+](=O)[O-])cc23)cs1. The number of amides is 2. The highest BCUT2D eigenvalue weighted by Gasteiger charge is 2.18. The number of nitrogens with zero attached hydrogens (tertiary/aromatic N) is 3. The molecule has 0 aliphatic rings. The van der Waals surface area contributed by atoms with E-state index in [4.69, 9.17) is 4.74 Å². The number of carbonyl (C=O) groups excluding carboxylic acids is 2. The monoisotopic (exact) mass is 418 g/mol. The molecular weight excluding hydrogens is 400 g/mol. The molecule has 0 aliphatic carbocycles. The molecule has 0 atom stereocenters. The molecule has 29 heavy (non-hydrogen) atoms. The Hall–Kier alpha value is -3.54. The number of hydrogen-bond acceptors (Lipinski definition) is 8. The van der Waals surface area contributed by atoms with Crippen LogP contribution in [0.25, 0.3) is 10.9 Å². The number of anilines is 2. The van der Waals surface area contributed by atoms with Crippen LogP contribution >= 0.6 is 11.3 Å². The van der Waals surface area contributed by atoms with Crippen molar-refractivity contribution in [3.63, 3.8) is 0 Å². The highest BCUT2D eigenvalue weighted by atomic mass is 32.1. The first-order valence-corrected chi connectivity index (χ1v) is 9.35. The van der Waals surface area contributed by atoms with Crippen molar-refractivity contribution in [1.29, 1.82) is 0 Å². The van der Waals surface area contributed by atoms with Gasteiger partial charge in [0, 0.05) is 17.5 Å². The Morgan fingerprint density at radius 1 is 1.31 bits per heavy atom. The first-order valence-electron chi connectivity index (χ1n) is 8.47. The fraction of sp³-hybridized carbons (Fsp3) is 0.294. The third-order valence-corrected chi connectivity index (χ3v) is 4.32. The van der Waals surface area contributed by atoms with Crippen LogP contribution in [0.2, 0.25) is 0 Å². The number of nitro benzene ring substituents is 1. The van der Waals surface area contributed by atoms with E-state index in [0.29, 0.717) is 21.7 Å². The molecule has 1 aromatic carbocycles. The highest BCUT2D eigenvalue weighted by molar-refractivity contribution is 7.13.